The topological polar surface area (TPSA) is 66.9 Å². The molecule has 5 nitrogen and oxygen atoms in total. The highest BCUT2D eigenvalue weighted by atomic mass is 19.1. The smallest absolute Gasteiger partial charge is 0.256 e. The lowest BCUT2D eigenvalue weighted by molar-refractivity contribution is 0.102. The van der Waals surface area contributed by atoms with Gasteiger partial charge in [-0.15, -0.1) is 10.2 Å². The summed E-state index contributed by atoms with van der Waals surface area (Å²) in [4.78, 5) is 12.1. The number of aromatic nitrogens is 2. The van der Waals surface area contributed by atoms with Gasteiger partial charge in [-0.2, -0.15) is 0 Å². The summed E-state index contributed by atoms with van der Waals surface area (Å²) < 4.78 is 13.2. The maximum absolute atomic E-state index is 13.2. The van der Waals surface area contributed by atoms with Crippen LogP contribution < -0.4 is 10.6 Å². The van der Waals surface area contributed by atoms with Crippen LogP contribution in [-0.4, -0.2) is 16.1 Å². The summed E-state index contributed by atoms with van der Waals surface area (Å²) in [7, 11) is 0. The molecule has 0 atom stereocenters. The summed E-state index contributed by atoms with van der Waals surface area (Å²) in [6, 6.07) is 16.8. The van der Waals surface area contributed by atoms with Gasteiger partial charge in [-0.25, -0.2) is 4.39 Å². The molecule has 1 heterocycles. The maximum Gasteiger partial charge on any atom is 0.256 e. The summed E-state index contributed by atoms with van der Waals surface area (Å²) in [6.07, 6.45) is 0.901. The number of nitrogens with one attached hydrogen (secondary N) is 2. The molecular formula is C19H17FN4O. The SMILES string of the molecule is CCc1ccccc1Nc1ccc(NC(=O)c2cccc(F)c2)nn1. The zero-order chi connectivity index (χ0) is 17.6. The minimum absolute atomic E-state index is 0.223. The Morgan fingerprint density at radius 3 is 2.48 bits per heavy atom. The number of nitrogens with zero attached hydrogens (tertiary/aromatic N) is 2. The highest BCUT2D eigenvalue weighted by molar-refractivity contribution is 6.03. The Morgan fingerprint density at radius 1 is 1.00 bits per heavy atom. The number of halogens is 1. The Kier molecular flexibility index (Phi) is 4.99. The quantitative estimate of drug-likeness (QED) is 0.734. The van der Waals surface area contributed by atoms with Crippen LogP contribution in [0.15, 0.2) is 60.7 Å². The fraction of sp³-hybridized carbons (Fsp3) is 0.105. The monoisotopic (exact) mass is 336 g/mol. The molecule has 25 heavy (non-hydrogen) atoms. The molecule has 0 saturated carbocycles. The molecule has 2 aromatic carbocycles. The van der Waals surface area contributed by atoms with Crippen LogP contribution in [0.3, 0.4) is 0 Å². The molecule has 0 radical (unpaired) electrons. The molecule has 3 aromatic rings. The number of anilines is 3. The van der Waals surface area contributed by atoms with Crippen molar-refractivity contribution in [2.45, 2.75) is 13.3 Å². The predicted molar refractivity (Wildman–Crippen MR) is 95.5 cm³/mol. The van der Waals surface area contributed by atoms with Gasteiger partial charge < -0.3 is 10.6 Å². The molecule has 3 rings (SSSR count). The third-order valence-electron chi connectivity index (χ3n) is 3.65. The highest BCUT2D eigenvalue weighted by Crippen LogP contribution is 2.20. The van der Waals surface area contributed by atoms with Gasteiger partial charge in [-0.3, -0.25) is 4.79 Å². The lowest BCUT2D eigenvalue weighted by Crippen LogP contribution is -2.13. The molecule has 1 aromatic heterocycles. The third kappa shape index (κ3) is 4.17. The van der Waals surface area contributed by atoms with E-state index in [-0.39, 0.29) is 5.56 Å². The first kappa shape index (κ1) is 16.6. The molecule has 0 saturated heterocycles. The molecule has 2 N–H and O–H groups in total. The van der Waals surface area contributed by atoms with Gasteiger partial charge in [-0.1, -0.05) is 31.2 Å². The van der Waals surface area contributed by atoms with Crippen LogP contribution in [0.2, 0.25) is 0 Å². The molecule has 0 fully saturated rings. The Labute approximate surface area is 144 Å². The van der Waals surface area contributed by atoms with E-state index in [1.165, 1.54) is 29.8 Å². The summed E-state index contributed by atoms with van der Waals surface area (Å²) in [6.45, 7) is 2.08. The number of rotatable bonds is 5. The van der Waals surface area contributed by atoms with Crippen molar-refractivity contribution in [2.75, 3.05) is 10.6 Å². The molecule has 0 aliphatic carbocycles. The zero-order valence-electron chi connectivity index (χ0n) is 13.7. The van der Waals surface area contributed by atoms with Crippen molar-refractivity contribution in [2.24, 2.45) is 0 Å². The van der Waals surface area contributed by atoms with Crippen LogP contribution in [0.4, 0.5) is 21.7 Å². The lowest BCUT2D eigenvalue weighted by atomic mass is 10.1. The average molecular weight is 336 g/mol. The second-order valence-electron chi connectivity index (χ2n) is 5.40. The lowest BCUT2D eigenvalue weighted by Gasteiger charge is -2.10. The van der Waals surface area contributed by atoms with E-state index in [1.54, 1.807) is 12.1 Å². The van der Waals surface area contributed by atoms with E-state index in [4.69, 9.17) is 0 Å². The van der Waals surface area contributed by atoms with Gasteiger partial charge in [-0.05, 0) is 48.4 Å². The maximum atomic E-state index is 13.2. The Morgan fingerprint density at radius 2 is 1.76 bits per heavy atom. The molecule has 0 spiro atoms. The van der Waals surface area contributed by atoms with Gasteiger partial charge in [0.2, 0.25) is 0 Å². The van der Waals surface area contributed by atoms with Gasteiger partial charge >= 0.3 is 0 Å². The number of hydrogen-bond donors (Lipinski definition) is 2. The zero-order valence-corrected chi connectivity index (χ0v) is 13.7. The Bertz CT molecular complexity index is 881. The molecule has 6 heteroatoms. The second-order valence-corrected chi connectivity index (χ2v) is 5.40. The van der Waals surface area contributed by atoms with Gasteiger partial charge in [0.15, 0.2) is 11.6 Å². The third-order valence-corrected chi connectivity index (χ3v) is 3.65. The highest BCUT2D eigenvalue weighted by Gasteiger charge is 2.08. The standard InChI is InChI=1S/C19H17FN4O/c1-2-13-6-3-4-9-16(13)21-17-10-11-18(24-23-17)22-19(25)14-7-5-8-15(20)12-14/h3-12H,2H2,1H3,(H,21,23)(H,22,24,25). The minimum Gasteiger partial charge on any atom is -0.339 e. The predicted octanol–water partition coefficient (Wildman–Crippen LogP) is 4.17. The first-order valence-corrected chi connectivity index (χ1v) is 7.91. The van der Waals surface area contributed by atoms with Crippen molar-refractivity contribution in [1.82, 2.24) is 10.2 Å². The van der Waals surface area contributed by atoms with Crippen molar-refractivity contribution >= 4 is 23.2 Å². The number of benzene rings is 2. The summed E-state index contributed by atoms with van der Waals surface area (Å²) >= 11 is 0. The second kappa shape index (κ2) is 7.53. The molecule has 126 valence electrons. The number of carbonyl (C=O) groups is 1. The minimum atomic E-state index is -0.465. The van der Waals surface area contributed by atoms with Crippen molar-refractivity contribution in [1.29, 1.82) is 0 Å². The largest absolute Gasteiger partial charge is 0.339 e. The molecule has 1 amide bonds. The van der Waals surface area contributed by atoms with Crippen LogP contribution in [-0.2, 0) is 6.42 Å². The Balaban J connectivity index is 1.69. The molecule has 0 unspecified atom stereocenters. The normalized spacial score (nSPS) is 10.3. The van der Waals surface area contributed by atoms with E-state index in [0.717, 1.165) is 12.1 Å². The van der Waals surface area contributed by atoms with Gasteiger partial charge in [0.05, 0.1) is 0 Å². The van der Waals surface area contributed by atoms with Crippen LogP contribution in [0, 0.1) is 5.82 Å². The summed E-state index contributed by atoms with van der Waals surface area (Å²) in [5.41, 5.74) is 2.37. The van der Waals surface area contributed by atoms with Crippen LogP contribution in [0.25, 0.3) is 0 Å². The van der Waals surface area contributed by atoms with Crippen LogP contribution in [0.5, 0.6) is 0 Å². The first-order chi connectivity index (χ1) is 12.2. The van der Waals surface area contributed by atoms with Gasteiger partial charge in [0.25, 0.3) is 5.91 Å². The van der Waals surface area contributed by atoms with Crippen molar-refractivity contribution < 1.29 is 9.18 Å². The molecule has 0 aliphatic rings. The van der Waals surface area contributed by atoms with Crippen LogP contribution in [0.1, 0.15) is 22.8 Å². The van der Waals surface area contributed by atoms with Crippen molar-refractivity contribution in [3.8, 4) is 0 Å². The number of para-hydroxylation sites is 1. The van der Waals surface area contributed by atoms with Gasteiger partial charge in [0.1, 0.15) is 5.82 Å². The molecule has 0 aliphatic heterocycles. The van der Waals surface area contributed by atoms with E-state index in [0.29, 0.717) is 11.6 Å². The van der Waals surface area contributed by atoms with E-state index in [9.17, 15) is 9.18 Å². The van der Waals surface area contributed by atoms with Crippen LogP contribution >= 0.6 is 0 Å². The number of aryl methyl sites for hydroxylation is 1. The molecule has 0 bridgehead atoms. The van der Waals surface area contributed by atoms with E-state index < -0.39 is 11.7 Å². The van der Waals surface area contributed by atoms with E-state index in [2.05, 4.69) is 27.8 Å². The van der Waals surface area contributed by atoms with E-state index in [1.807, 2.05) is 24.3 Å². The number of hydrogen-bond acceptors (Lipinski definition) is 4. The van der Waals surface area contributed by atoms with Crippen molar-refractivity contribution in [3.05, 3.63) is 77.6 Å². The fourth-order valence-corrected chi connectivity index (χ4v) is 2.37. The first-order valence-electron chi connectivity index (χ1n) is 7.91. The summed E-state index contributed by atoms with van der Waals surface area (Å²) in [5, 5.41) is 13.8. The van der Waals surface area contributed by atoms with E-state index >= 15 is 0 Å². The Hall–Kier alpha value is -3.28. The van der Waals surface area contributed by atoms with Gasteiger partial charge in [0, 0.05) is 11.3 Å². The van der Waals surface area contributed by atoms with Crippen molar-refractivity contribution in [3.63, 3.8) is 0 Å². The molecular weight excluding hydrogens is 319 g/mol. The summed E-state index contributed by atoms with van der Waals surface area (Å²) in [5.74, 6) is -0.0352. The average Bonchev–Trinajstić information content (AvgIpc) is 2.64. The number of carbonyl (C=O) groups excluding carboxylic acids is 1. The number of amides is 1. The fourth-order valence-electron chi connectivity index (χ4n) is 2.37.